The first kappa shape index (κ1) is 21.7. The average Bonchev–Trinajstić information content (AvgIpc) is 3.22. The largest absolute Gasteiger partial charge is 0.372 e. The Labute approximate surface area is 192 Å². The number of aromatic nitrogens is 3. The summed E-state index contributed by atoms with van der Waals surface area (Å²) in [6.07, 6.45) is 3.81. The van der Waals surface area contributed by atoms with Crippen LogP contribution in [0.2, 0.25) is 5.02 Å². The summed E-state index contributed by atoms with van der Waals surface area (Å²) in [5.41, 5.74) is 2.98. The molecule has 162 valence electrons. The van der Waals surface area contributed by atoms with Gasteiger partial charge in [-0.3, -0.25) is 4.79 Å². The van der Waals surface area contributed by atoms with E-state index in [9.17, 15) is 4.79 Å². The first-order valence-electron chi connectivity index (χ1n) is 10.6. The van der Waals surface area contributed by atoms with Gasteiger partial charge >= 0.3 is 0 Å². The lowest BCUT2D eigenvalue weighted by Gasteiger charge is -2.28. The van der Waals surface area contributed by atoms with Crippen molar-refractivity contribution in [2.45, 2.75) is 37.9 Å². The Morgan fingerprint density at radius 2 is 1.74 bits per heavy atom. The number of benzene rings is 2. The lowest BCUT2D eigenvalue weighted by Crippen LogP contribution is -2.29. The van der Waals surface area contributed by atoms with E-state index in [1.807, 2.05) is 47.9 Å². The maximum atomic E-state index is 12.5. The summed E-state index contributed by atoms with van der Waals surface area (Å²) in [6.45, 7) is 4.97. The molecule has 1 amide bonds. The molecule has 1 aliphatic heterocycles. The Balaban J connectivity index is 1.35. The molecular formula is C23H26ClN5OS. The van der Waals surface area contributed by atoms with Gasteiger partial charge < -0.3 is 14.8 Å². The zero-order chi connectivity index (χ0) is 21.6. The van der Waals surface area contributed by atoms with Crippen molar-refractivity contribution in [1.29, 1.82) is 0 Å². The fourth-order valence-electron chi connectivity index (χ4n) is 3.73. The minimum absolute atomic E-state index is 0.0607. The normalized spacial score (nSPS) is 13.9. The molecule has 0 spiro atoms. The van der Waals surface area contributed by atoms with Gasteiger partial charge in [0.15, 0.2) is 11.0 Å². The third-order valence-electron chi connectivity index (χ3n) is 5.34. The van der Waals surface area contributed by atoms with Crippen LogP contribution in [0.5, 0.6) is 0 Å². The predicted molar refractivity (Wildman–Crippen MR) is 128 cm³/mol. The van der Waals surface area contributed by atoms with Crippen molar-refractivity contribution in [3.8, 4) is 11.4 Å². The van der Waals surface area contributed by atoms with E-state index in [2.05, 4.69) is 32.5 Å². The molecule has 6 nitrogen and oxygen atoms in total. The second-order valence-corrected chi connectivity index (χ2v) is 8.87. The highest BCUT2D eigenvalue weighted by Gasteiger charge is 2.15. The van der Waals surface area contributed by atoms with Crippen molar-refractivity contribution in [1.82, 2.24) is 14.8 Å². The summed E-state index contributed by atoms with van der Waals surface area (Å²) in [4.78, 5) is 14.9. The minimum atomic E-state index is -0.0607. The molecule has 4 rings (SSSR count). The van der Waals surface area contributed by atoms with Crippen LogP contribution >= 0.6 is 23.4 Å². The third kappa shape index (κ3) is 5.40. The van der Waals surface area contributed by atoms with Gasteiger partial charge in [0.25, 0.3) is 0 Å². The number of thioether (sulfide) groups is 1. The number of anilines is 2. The molecular weight excluding hydrogens is 430 g/mol. The van der Waals surface area contributed by atoms with E-state index < -0.39 is 0 Å². The van der Waals surface area contributed by atoms with Gasteiger partial charge in [0.05, 0.1) is 5.75 Å². The molecule has 2 aromatic carbocycles. The second kappa shape index (κ2) is 10.2. The number of piperidine rings is 1. The lowest BCUT2D eigenvalue weighted by molar-refractivity contribution is -0.113. The lowest BCUT2D eigenvalue weighted by atomic mass is 10.1. The van der Waals surface area contributed by atoms with Gasteiger partial charge in [-0.05, 0) is 74.7 Å². The molecule has 0 atom stereocenters. The Morgan fingerprint density at radius 1 is 1.03 bits per heavy atom. The first-order valence-corrected chi connectivity index (χ1v) is 12.0. The predicted octanol–water partition coefficient (Wildman–Crippen LogP) is 5.34. The van der Waals surface area contributed by atoms with Crippen molar-refractivity contribution < 1.29 is 4.79 Å². The van der Waals surface area contributed by atoms with Crippen molar-refractivity contribution >= 4 is 40.6 Å². The van der Waals surface area contributed by atoms with E-state index in [1.165, 1.54) is 36.7 Å². The van der Waals surface area contributed by atoms with E-state index in [-0.39, 0.29) is 11.7 Å². The number of hydrogen-bond donors (Lipinski definition) is 1. The van der Waals surface area contributed by atoms with Crippen LogP contribution in [0, 0.1) is 0 Å². The molecule has 31 heavy (non-hydrogen) atoms. The number of carbonyl (C=O) groups is 1. The van der Waals surface area contributed by atoms with Crippen molar-refractivity contribution in [2.24, 2.45) is 0 Å². The molecule has 1 fully saturated rings. The molecule has 0 saturated carbocycles. The summed E-state index contributed by atoms with van der Waals surface area (Å²) in [5, 5.41) is 13.0. The van der Waals surface area contributed by atoms with Gasteiger partial charge in [0.2, 0.25) is 5.91 Å². The highest BCUT2D eigenvalue weighted by atomic mass is 35.5. The Bertz CT molecular complexity index is 1010. The summed E-state index contributed by atoms with van der Waals surface area (Å²) >= 11 is 7.37. The Morgan fingerprint density at radius 3 is 2.42 bits per heavy atom. The molecule has 1 aliphatic rings. The molecule has 1 aromatic heterocycles. The van der Waals surface area contributed by atoms with Crippen LogP contribution in [0.4, 0.5) is 11.4 Å². The second-order valence-electron chi connectivity index (χ2n) is 7.49. The summed E-state index contributed by atoms with van der Waals surface area (Å²) in [5.74, 6) is 0.983. The minimum Gasteiger partial charge on any atom is -0.372 e. The fourth-order valence-corrected chi connectivity index (χ4v) is 4.66. The molecule has 0 radical (unpaired) electrons. The van der Waals surface area contributed by atoms with E-state index in [0.717, 1.165) is 35.3 Å². The van der Waals surface area contributed by atoms with Crippen molar-refractivity contribution in [3.63, 3.8) is 0 Å². The average molecular weight is 456 g/mol. The van der Waals surface area contributed by atoms with Gasteiger partial charge in [-0.1, -0.05) is 23.4 Å². The summed E-state index contributed by atoms with van der Waals surface area (Å²) < 4.78 is 2.01. The number of hydrogen-bond acceptors (Lipinski definition) is 5. The molecule has 0 aliphatic carbocycles. The van der Waals surface area contributed by atoms with Gasteiger partial charge in [0, 0.05) is 41.6 Å². The van der Waals surface area contributed by atoms with E-state index in [4.69, 9.17) is 11.6 Å². The maximum absolute atomic E-state index is 12.5. The van der Waals surface area contributed by atoms with Gasteiger partial charge in [-0.2, -0.15) is 0 Å². The van der Waals surface area contributed by atoms with Crippen molar-refractivity contribution in [2.75, 3.05) is 29.1 Å². The first-order chi connectivity index (χ1) is 15.1. The van der Waals surface area contributed by atoms with Gasteiger partial charge in [-0.25, -0.2) is 0 Å². The smallest absolute Gasteiger partial charge is 0.234 e. The number of carbonyl (C=O) groups excluding carboxylic acids is 1. The van der Waals surface area contributed by atoms with E-state index >= 15 is 0 Å². The monoisotopic (exact) mass is 455 g/mol. The molecule has 1 N–H and O–H groups in total. The molecule has 8 heteroatoms. The van der Waals surface area contributed by atoms with Crippen LogP contribution < -0.4 is 10.2 Å². The Hall–Kier alpha value is -2.51. The summed E-state index contributed by atoms with van der Waals surface area (Å²) in [7, 11) is 0. The number of amides is 1. The highest BCUT2D eigenvalue weighted by molar-refractivity contribution is 7.99. The van der Waals surface area contributed by atoms with Gasteiger partial charge in [-0.15, -0.1) is 10.2 Å². The van der Waals surface area contributed by atoms with Crippen LogP contribution in [0.15, 0.2) is 53.7 Å². The third-order valence-corrected chi connectivity index (χ3v) is 6.56. The molecule has 1 saturated heterocycles. The SMILES string of the molecule is CCn1c(SCC(=O)Nc2ccc(N3CCCCC3)cc2)nnc1-c1ccc(Cl)cc1. The molecule has 0 bridgehead atoms. The van der Waals surface area contributed by atoms with Crippen molar-refractivity contribution in [3.05, 3.63) is 53.6 Å². The summed E-state index contributed by atoms with van der Waals surface area (Å²) in [6, 6.07) is 15.6. The highest BCUT2D eigenvalue weighted by Crippen LogP contribution is 2.26. The number of halogens is 1. The van der Waals surface area contributed by atoms with Crippen LogP contribution in [0.3, 0.4) is 0 Å². The van der Waals surface area contributed by atoms with E-state index in [0.29, 0.717) is 11.6 Å². The quantitative estimate of drug-likeness (QED) is 0.487. The molecule has 0 unspecified atom stereocenters. The van der Waals surface area contributed by atoms with Crippen LogP contribution in [-0.2, 0) is 11.3 Å². The number of nitrogens with zero attached hydrogens (tertiary/aromatic N) is 4. The van der Waals surface area contributed by atoms with Crippen LogP contribution in [0.25, 0.3) is 11.4 Å². The zero-order valence-electron chi connectivity index (χ0n) is 17.6. The van der Waals surface area contributed by atoms with Crippen LogP contribution in [-0.4, -0.2) is 39.5 Å². The van der Waals surface area contributed by atoms with E-state index in [1.54, 1.807) is 0 Å². The zero-order valence-corrected chi connectivity index (χ0v) is 19.1. The number of rotatable bonds is 7. The van der Waals surface area contributed by atoms with Crippen LogP contribution in [0.1, 0.15) is 26.2 Å². The Kier molecular flexibility index (Phi) is 7.14. The topological polar surface area (TPSA) is 63.1 Å². The molecule has 2 heterocycles. The van der Waals surface area contributed by atoms with Gasteiger partial charge in [0.1, 0.15) is 0 Å². The standard InChI is InChI=1S/C23H26ClN5OS/c1-2-29-22(17-6-8-18(24)9-7-17)26-27-23(29)31-16-21(30)25-19-10-12-20(13-11-19)28-14-4-3-5-15-28/h6-13H,2-5,14-16H2,1H3,(H,25,30). The maximum Gasteiger partial charge on any atom is 0.234 e. The number of nitrogens with one attached hydrogen (secondary N) is 1. The molecule has 3 aromatic rings. The fraction of sp³-hybridized carbons (Fsp3) is 0.348.